The molecule has 0 radical (unpaired) electrons. The number of hydrogen-bond acceptors (Lipinski definition) is 0. The van der Waals surface area contributed by atoms with E-state index in [9.17, 15) is 0 Å². The van der Waals surface area contributed by atoms with E-state index in [0.29, 0.717) is 0 Å². The van der Waals surface area contributed by atoms with Crippen molar-refractivity contribution < 1.29 is 0 Å². The Morgan fingerprint density at radius 2 is 0.719 bits per heavy atom. The molecule has 0 heterocycles. The minimum absolute atomic E-state index is 1.08. The molecular weight excluding hydrogens is 384 g/mol. The summed E-state index contributed by atoms with van der Waals surface area (Å²) in [5, 5.41) is 0. The van der Waals surface area contributed by atoms with Crippen LogP contribution in [0, 0.1) is 29.6 Å². The Kier molecular flexibility index (Phi) is 13.8. The van der Waals surface area contributed by atoms with E-state index in [2.05, 4.69) is 6.92 Å². The van der Waals surface area contributed by atoms with Crippen LogP contribution < -0.4 is 0 Å². The van der Waals surface area contributed by atoms with Crippen molar-refractivity contribution >= 4 is 0 Å². The van der Waals surface area contributed by atoms with E-state index in [1.54, 1.807) is 44.9 Å². The maximum Gasteiger partial charge on any atom is -0.0383 e. The van der Waals surface area contributed by atoms with Crippen LogP contribution in [0.1, 0.15) is 174 Å². The van der Waals surface area contributed by atoms with Crippen molar-refractivity contribution in [2.75, 3.05) is 0 Å². The first kappa shape index (κ1) is 26.6. The highest BCUT2D eigenvalue weighted by Crippen LogP contribution is 2.46. The van der Waals surface area contributed by atoms with E-state index in [0.717, 1.165) is 29.6 Å². The molecule has 0 heteroatoms. The van der Waals surface area contributed by atoms with E-state index in [4.69, 9.17) is 0 Å². The second-order valence-electron chi connectivity index (χ2n) is 12.5. The molecule has 0 amide bonds. The van der Waals surface area contributed by atoms with Crippen molar-refractivity contribution in [3.8, 4) is 0 Å². The maximum atomic E-state index is 2.33. The third-order valence-corrected chi connectivity index (χ3v) is 10.1. The van der Waals surface area contributed by atoms with Gasteiger partial charge in [-0.3, -0.25) is 0 Å². The highest BCUT2D eigenvalue weighted by Gasteiger charge is 2.34. The van der Waals surface area contributed by atoms with Crippen molar-refractivity contribution in [3.05, 3.63) is 0 Å². The minimum atomic E-state index is 1.08. The average molecular weight is 445 g/mol. The van der Waals surface area contributed by atoms with Crippen LogP contribution in [-0.2, 0) is 0 Å². The first-order chi connectivity index (χ1) is 15.9. The molecule has 0 aromatic rings. The molecule has 0 aromatic carbocycles. The molecule has 0 aliphatic heterocycles. The molecule has 0 spiro atoms. The van der Waals surface area contributed by atoms with Gasteiger partial charge in [0.05, 0.1) is 0 Å². The fraction of sp³-hybridized carbons (Fsp3) is 1.00. The smallest absolute Gasteiger partial charge is 0.0383 e. The van der Waals surface area contributed by atoms with Crippen LogP contribution in [0.3, 0.4) is 0 Å². The zero-order valence-corrected chi connectivity index (χ0v) is 22.3. The topological polar surface area (TPSA) is 0 Å². The van der Waals surface area contributed by atoms with Gasteiger partial charge in [-0.15, -0.1) is 0 Å². The van der Waals surface area contributed by atoms with Crippen molar-refractivity contribution in [1.29, 1.82) is 0 Å². The van der Waals surface area contributed by atoms with Crippen molar-refractivity contribution in [1.82, 2.24) is 0 Å². The lowest BCUT2D eigenvalue weighted by molar-refractivity contribution is 0.226. The summed E-state index contributed by atoms with van der Waals surface area (Å²) in [6, 6.07) is 0. The molecule has 188 valence electrons. The predicted octanol–water partition coefficient (Wildman–Crippen LogP) is 11.3. The summed E-state index contributed by atoms with van der Waals surface area (Å²) in [5.41, 5.74) is 0. The minimum Gasteiger partial charge on any atom is -0.0654 e. The molecule has 4 aliphatic carbocycles. The molecule has 4 saturated carbocycles. The van der Waals surface area contributed by atoms with Crippen LogP contribution in [0.25, 0.3) is 0 Å². The van der Waals surface area contributed by atoms with Crippen LogP contribution >= 0.6 is 0 Å². The molecule has 0 bridgehead atoms. The zero-order chi connectivity index (χ0) is 22.3. The van der Waals surface area contributed by atoms with Crippen molar-refractivity contribution in [3.63, 3.8) is 0 Å². The average Bonchev–Trinajstić information content (AvgIpc) is 3.38. The molecule has 0 saturated heterocycles. The second kappa shape index (κ2) is 16.6. The number of hydrogen-bond donors (Lipinski definition) is 0. The Morgan fingerprint density at radius 3 is 1.12 bits per heavy atom. The van der Waals surface area contributed by atoms with Crippen LogP contribution in [0.2, 0.25) is 0 Å². The molecule has 0 aromatic heterocycles. The van der Waals surface area contributed by atoms with Gasteiger partial charge in [-0.05, 0) is 48.9 Å². The summed E-state index contributed by atoms with van der Waals surface area (Å²) in [6.07, 6.45) is 39.8. The highest BCUT2D eigenvalue weighted by atomic mass is 14.4. The summed E-state index contributed by atoms with van der Waals surface area (Å²) in [5.74, 6) is 5.58. The molecule has 2 unspecified atom stereocenters. The lowest BCUT2D eigenvalue weighted by Crippen LogP contribution is -2.17. The summed E-state index contributed by atoms with van der Waals surface area (Å²) in [6.45, 7) is 2.33. The van der Waals surface area contributed by atoms with Gasteiger partial charge in [-0.25, -0.2) is 0 Å². The Hall–Kier alpha value is 0. The Balaban J connectivity index is 0.000000207. The van der Waals surface area contributed by atoms with Crippen LogP contribution in [0.4, 0.5) is 0 Å². The van der Waals surface area contributed by atoms with Gasteiger partial charge in [0.15, 0.2) is 0 Å². The predicted molar refractivity (Wildman–Crippen MR) is 143 cm³/mol. The van der Waals surface area contributed by atoms with Crippen LogP contribution in [-0.4, -0.2) is 0 Å². The van der Waals surface area contributed by atoms with Gasteiger partial charge in [0.1, 0.15) is 0 Å². The number of rotatable bonds is 4. The van der Waals surface area contributed by atoms with E-state index >= 15 is 0 Å². The van der Waals surface area contributed by atoms with Gasteiger partial charge in [-0.1, -0.05) is 155 Å². The quantitative estimate of drug-likeness (QED) is 0.404. The molecule has 4 fully saturated rings. The first-order valence-corrected chi connectivity index (χ1v) is 15.9. The normalized spacial score (nSPS) is 30.7. The van der Waals surface area contributed by atoms with Gasteiger partial charge < -0.3 is 0 Å². The SMILES string of the molecule is C1CCCCC(C2CCC(C3CCCCC3)C2)CCC1.CCCC1CCCCCCCC1. The Morgan fingerprint density at radius 1 is 0.375 bits per heavy atom. The van der Waals surface area contributed by atoms with E-state index in [1.165, 1.54) is 122 Å². The van der Waals surface area contributed by atoms with Gasteiger partial charge in [-0.2, -0.15) is 0 Å². The van der Waals surface area contributed by atoms with Crippen molar-refractivity contribution in [2.45, 2.75) is 174 Å². The zero-order valence-electron chi connectivity index (χ0n) is 22.3. The molecule has 0 N–H and O–H groups in total. The van der Waals surface area contributed by atoms with E-state index in [1.807, 2.05) is 0 Å². The molecule has 4 rings (SSSR count). The molecule has 4 aliphatic rings. The Bertz CT molecular complexity index is 413. The Labute approximate surface area is 203 Å². The first-order valence-electron chi connectivity index (χ1n) is 15.9. The van der Waals surface area contributed by atoms with Crippen LogP contribution in [0.5, 0.6) is 0 Å². The summed E-state index contributed by atoms with van der Waals surface area (Å²) < 4.78 is 0. The molecule has 2 atom stereocenters. The van der Waals surface area contributed by atoms with Crippen LogP contribution in [0.15, 0.2) is 0 Å². The molecule has 32 heavy (non-hydrogen) atoms. The molecule has 0 nitrogen and oxygen atoms in total. The maximum absolute atomic E-state index is 2.33. The van der Waals surface area contributed by atoms with E-state index < -0.39 is 0 Å². The van der Waals surface area contributed by atoms with Gasteiger partial charge in [0.25, 0.3) is 0 Å². The molecular formula is C32H60. The second-order valence-corrected chi connectivity index (χ2v) is 12.5. The van der Waals surface area contributed by atoms with Gasteiger partial charge in [0, 0.05) is 0 Å². The largest absolute Gasteiger partial charge is 0.0654 e. The fourth-order valence-corrected chi connectivity index (χ4v) is 8.06. The summed E-state index contributed by atoms with van der Waals surface area (Å²) in [7, 11) is 0. The van der Waals surface area contributed by atoms with E-state index in [-0.39, 0.29) is 0 Å². The third kappa shape index (κ3) is 10.1. The lowest BCUT2D eigenvalue weighted by atomic mass is 9.77. The van der Waals surface area contributed by atoms with Gasteiger partial charge >= 0.3 is 0 Å². The summed E-state index contributed by atoms with van der Waals surface area (Å²) >= 11 is 0. The van der Waals surface area contributed by atoms with Gasteiger partial charge in [0.2, 0.25) is 0 Å². The third-order valence-electron chi connectivity index (χ3n) is 10.1. The standard InChI is InChI=1S/C20H36.C12H24/c1-2-4-7-11-17(10-6-3-1)19-14-15-20(16-19)18-12-8-5-9-13-18;1-2-9-12-10-7-5-3-4-6-8-11-12/h17-20H,1-16H2;12H,2-11H2,1H3. The summed E-state index contributed by atoms with van der Waals surface area (Å²) in [4.78, 5) is 0. The monoisotopic (exact) mass is 444 g/mol. The fourth-order valence-electron chi connectivity index (χ4n) is 8.06. The highest BCUT2D eigenvalue weighted by molar-refractivity contribution is 4.85. The van der Waals surface area contributed by atoms with Crippen molar-refractivity contribution in [2.24, 2.45) is 29.6 Å². The lowest BCUT2D eigenvalue weighted by Gasteiger charge is -2.29.